The minimum Gasteiger partial charge on any atom is -0.399 e. The van der Waals surface area contributed by atoms with E-state index in [1.807, 2.05) is 104 Å². The predicted molar refractivity (Wildman–Crippen MR) is 175 cm³/mol. The number of carbonyl (C=O) groups is 1. The van der Waals surface area contributed by atoms with Crippen LogP contribution in [-0.2, 0) is 0 Å². The number of fused-ring (bicyclic) bond motifs is 7. The predicted octanol–water partition coefficient (Wildman–Crippen LogP) is 9.98. The van der Waals surface area contributed by atoms with Crippen molar-refractivity contribution in [1.82, 2.24) is 5.32 Å². The number of nitrogens with one attached hydrogen (secondary N) is 2. The molecule has 1 aromatic heterocycles. The van der Waals surface area contributed by atoms with E-state index in [-0.39, 0.29) is 6.03 Å². The van der Waals surface area contributed by atoms with Gasteiger partial charge in [0.25, 0.3) is 0 Å². The first-order chi connectivity index (χ1) is 21.1. The third kappa shape index (κ3) is 5.46. The maximum absolute atomic E-state index is 12.9. The van der Waals surface area contributed by atoms with E-state index in [2.05, 4.69) is 47.0 Å². The molecular weight excluding hydrogens is 555 g/mol. The van der Waals surface area contributed by atoms with E-state index in [0.29, 0.717) is 16.9 Å². The zero-order chi connectivity index (χ0) is 29.2. The number of carbonyl (C=O) groups excluding carboxylic acids is 1. The summed E-state index contributed by atoms with van der Waals surface area (Å²) in [5.41, 5.74) is 2.98. The van der Waals surface area contributed by atoms with Crippen molar-refractivity contribution < 1.29 is 17.7 Å². The highest BCUT2D eigenvalue weighted by Gasteiger charge is 2.25. The average molecular weight is 585 g/mol. The Bertz CT molecular complexity index is 2010. The molecule has 0 aliphatic heterocycles. The van der Waals surface area contributed by atoms with Gasteiger partial charge in [-0.25, -0.2) is 4.79 Å². The highest BCUT2D eigenvalue weighted by atomic mass is 31.1. The first kappa shape index (κ1) is 26.8. The number of anilines is 1. The smallest absolute Gasteiger partial charge is 0.388 e. The molecule has 0 saturated carbocycles. The van der Waals surface area contributed by atoms with Gasteiger partial charge in [-0.3, -0.25) is 4.52 Å². The lowest BCUT2D eigenvalue weighted by molar-refractivity contribution is 0.204. The molecule has 0 bridgehead atoms. The van der Waals surface area contributed by atoms with Gasteiger partial charge in [-0.15, -0.1) is 0 Å². The largest absolute Gasteiger partial charge is 0.399 e. The third-order valence-corrected chi connectivity index (χ3v) is 8.64. The molecule has 0 fully saturated rings. The normalized spacial score (nSPS) is 12.8. The minimum atomic E-state index is -1.92. The van der Waals surface area contributed by atoms with Crippen molar-refractivity contribution in [3.8, 4) is 0 Å². The highest BCUT2D eigenvalue weighted by molar-refractivity contribution is 7.31. The van der Waals surface area contributed by atoms with Crippen LogP contribution >= 0.6 is 8.24 Å². The monoisotopic (exact) mass is 584 g/mol. The molecule has 6 nitrogen and oxygen atoms in total. The van der Waals surface area contributed by atoms with Gasteiger partial charge in [0, 0.05) is 16.5 Å². The molecule has 6 aromatic carbocycles. The van der Waals surface area contributed by atoms with Crippen LogP contribution in [0.3, 0.4) is 0 Å². The summed E-state index contributed by atoms with van der Waals surface area (Å²) in [7, 11) is -1.92. The quantitative estimate of drug-likeness (QED) is 0.204. The number of hydrogen-bond donors (Lipinski definition) is 2. The molecular formula is C36H29N2O4P. The van der Waals surface area contributed by atoms with E-state index in [9.17, 15) is 4.79 Å². The van der Waals surface area contributed by atoms with E-state index in [1.54, 1.807) is 0 Å². The second-order valence-corrected chi connectivity index (χ2v) is 11.4. The van der Waals surface area contributed by atoms with Crippen molar-refractivity contribution in [2.24, 2.45) is 0 Å². The van der Waals surface area contributed by atoms with Crippen LogP contribution in [0.5, 0.6) is 0 Å². The van der Waals surface area contributed by atoms with Crippen molar-refractivity contribution in [3.05, 3.63) is 139 Å². The fraction of sp³-hybridized carbons (Fsp3) is 0.0833. The molecule has 2 amide bonds. The van der Waals surface area contributed by atoms with Gasteiger partial charge in [0.15, 0.2) is 0 Å². The Kier molecular flexibility index (Phi) is 7.30. The Morgan fingerprint density at radius 1 is 0.651 bits per heavy atom. The lowest BCUT2D eigenvalue weighted by Gasteiger charge is -2.24. The van der Waals surface area contributed by atoms with Gasteiger partial charge in [-0.1, -0.05) is 109 Å². The molecule has 7 aromatic rings. The first-order valence-electron chi connectivity index (χ1n) is 14.2. The molecule has 0 radical (unpaired) electrons. The summed E-state index contributed by atoms with van der Waals surface area (Å²) in [6.07, 6.45) is -0.556. The van der Waals surface area contributed by atoms with Crippen molar-refractivity contribution in [2.45, 2.75) is 19.1 Å². The summed E-state index contributed by atoms with van der Waals surface area (Å²) in [4.78, 5) is 12.9. The second kappa shape index (κ2) is 11.7. The zero-order valence-corrected chi connectivity index (χ0v) is 24.3. The Balaban J connectivity index is 1.36. The number of rotatable bonds is 6. The molecule has 7 heteroatoms. The summed E-state index contributed by atoms with van der Waals surface area (Å²) >= 11 is 0. The van der Waals surface area contributed by atoms with Gasteiger partial charge in [0.1, 0.15) is 17.3 Å². The van der Waals surface area contributed by atoms with Gasteiger partial charge in [-0.05, 0) is 58.3 Å². The molecule has 7 rings (SSSR count). The summed E-state index contributed by atoms with van der Waals surface area (Å²) in [5, 5.41) is 12.3. The second-order valence-electron chi connectivity index (χ2n) is 10.4. The molecule has 212 valence electrons. The summed E-state index contributed by atoms with van der Waals surface area (Å²) in [5.74, 6) is 0. The third-order valence-electron chi connectivity index (χ3n) is 7.55. The first-order valence-corrected chi connectivity index (χ1v) is 15.3. The number of amides is 2. The Labute approximate surface area is 249 Å². The van der Waals surface area contributed by atoms with E-state index >= 15 is 0 Å². The Morgan fingerprint density at radius 2 is 1.16 bits per heavy atom. The van der Waals surface area contributed by atoms with Crippen LogP contribution in [0.2, 0.25) is 0 Å². The lowest BCUT2D eigenvalue weighted by Crippen LogP contribution is -2.41. The van der Waals surface area contributed by atoms with Crippen molar-refractivity contribution in [3.63, 3.8) is 0 Å². The fourth-order valence-corrected chi connectivity index (χ4v) is 6.78. The van der Waals surface area contributed by atoms with Gasteiger partial charge < -0.3 is 19.0 Å². The van der Waals surface area contributed by atoms with Crippen LogP contribution in [0.25, 0.3) is 43.5 Å². The molecule has 1 heterocycles. The number of hydrogen-bond acceptors (Lipinski definition) is 4. The Morgan fingerprint density at radius 3 is 1.74 bits per heavy atom. The van der Waals surface area contributed by atoms with Gasteiger partial charge in [0.2, 0.25) is 0 Å². The van der Waals surface area contributed by atoms with Crippen LogP contribution in [0.1, 0.15) is 18.6 Å². The van der Waals surface area contributed by atoms with Crippen LogP contribution in [0.15, 0.2) is 142 Å². The maximum Gasteiger partial charge on any atom is 0.388 e. The molecule has 2 atom stereocenters. The fourth-order valence-electron chi connectivity index (χ4n) is 5.54. The number of urea groups is 1. The number of para-hydroxylation sites is 1. The van der Waals surface area contributed by atoms with Crippen molar-refractivity contribution in [2.75, 3.05) is 5.32 Å². The summed E-state index contributed by atoms with van der Waals surface area (Å²) in [6.45, 7) is 1.91. The van der Waals surface area contributed by atoms with Crippen LogP contribution in [0.4, 0.5) is 10.5 Å². The van der Waals surface area contributed by atoms with E-state index < -0.39 is 20.4 Å². The minimum absolute atomic E-state index is 0.327. The molecule has 1 unspecified atom stereocenters. The topological polar surface area (TPSA) is 76.6 Å². The molecule has 0 saturated heterocycles. The standard InChI is InChI=1S/C36H29N2O4P/c1-24(37-36(39)38-28-16-6-3-7-17-28)35(27-14-4-2-5-15-27)42-43-40-31-22-20-25-12-8-10-18-29(25)33(31)34-30-19-11-9-13-26(30)21-23-32(34)41-43/h2-24,35H,1H3,(H2,37,38,39)/t24-,35?/m0/s1. The zero-order valence-electron chi connectivity index (χ0n) is 23.4. The number of benzene rings is 6. The Hall–Kier alpha value is -5.03. The van der Waals surface area contributed by atoms with Crippen LogP contribution < -0.4 is 15.2 Å². The SMILES string of the molecule is C[C@H](NC(=O)Nc1ccccc1)C(Op1oc2ccc3ccccc3c2c2c(ccc3ccccc32)o1)c1ccccc1. The van der Waals surface area contributed by atoms with Crippen LogP contribution in [-0.4, -0.2) is 12.1 Å². The average Bonchev–Trinajstić information content (AvgIpc) is 3.21. The molecule has 0 spiro atoms. The van der Waals surface area contributed by atoms with Gasteiger partial charge >= 0.3 is 14.3 Å². The van der Waals surface area contributed by atoms with E-state index in [4.69, 9.17) is 12.9 Å². The lowest BCUT2D eigenvalue weighted by atomic mass is 9.99. The summed E-state index contributed by atoms with van der Waals surface area (Å²) < 4.78 is 19.9. The van der Waals surface area contributed by atoms with E-state index in [1.165, 1.54) is 0 Å². The maximum atomic E-state index is 12.9. The van der Waals surface area contributed by atoms with E-state index in [0.717, 1.165) is 37.9 Å². The molecule has 43 heavy (non-hydrogen) atoms. The summed E-state index contributed by atoms with van der Waals surface area (Å²) in [6, 6.07) is 43.1. The van der Waals surface area contributed by atoms with Gasteiger partial charge in [-0.2, -0.15) is 0 Å². The molecule has 0 aliphatic carbocycles. The van der Waals surface area contributed by atoms with Crippen molar-refractivity contribution >= 4 is 63.4 Å². The molecule has 2 N–H and O–H groups in total. The van der Waals surface area contributed by atoms with Gasteiger partial charge in [0.05, 0.1) is 6.04 Å². The molecule has 0 aliphatic rings. The van der Waals surface area contributed by atoms with Crippen LogP contribution in [0, 0.1) is 0 Å². The van der Waals surface area contributed by atoms with Crippen molar-refractivity contribution in [1.29, 1.82) is 0 Å². The highest BCUT2D eigenvalue weighted by Crippen LogP contribution is 2.42.